The second kappa shape index (κ2) is 7.76. The molecule has 0 heterocycles. The normalized spacial score (nSPS) is 21.5. The molecule has 0 aromatic heterocycles. The van der Waals surface area contributed by atoms with Crippen molar-refractivity contribution in [2.45, 2.75) is 44.7 Å². The number of rotatable bonds is 5. The first-order valence-corrected chi connectivity index (χ1v) is 7.91. The van der Waals surface area contributed by atoms with E-state index in [1.165, 1.54) is 12.1 Å². The zero-order valence-corrected chi connectivity index (χ0v) is 13.4. The first-order chi connectivity index (χ1) is 11.4. The third-order valence-corrected chi connectivity index (χ3v) is 4.34. The number of carboxylic acids is 1. The highest BCUT2D eigenvalue weighted by Crippen LogP contribution is 2.24. The molecule has 1 fully saturated rings. The maximum Gasteiger partial charge on any atom is 0.315 e. The quantitative estimate of drug-likeness (QED) is 0.564. The van der Waals surface area contributed by atoms with Crippen LogP contribution in [0.25, 0.3) is 0 Å². The number of carbonyl (C=O) groups excluding carboxylic acids is 1. The number of hydrogen-bond donors (Lipinski definition) is 3. The van der Waals surface area contributed by atoms with Gasteiger partial charge in [-0.15, -0.1) is 0 Å². The van der Waals surface area contributed by atoms with E-state index in [1.54, 1.807) is 19.1 Å². The zero-order valence-electron chi connectivity index (χ0n) is 13.4. The molecule has 24 heavy (non-hydrogen) atoms. The molecule has 130 valence electrons. The molecule has 0 saturated heterocycles. The van der Waals surface area contributed by atoms with Crippen molar-refractivity contribution >= 4 is 17.7 Å². The Morgan fingerprint density at radius 1 is 1.29 bits per heavy atom. The van der Waals surface area contributed by atoms with Crippen molar-refractivity contribution in [2.75, 3.05) is 0 Å². The number of benzene rings is 1. The first kappa shape index (κ1) is 17.7. The summed E-state index contributed by atoms with van der Waals surface area (Å²) in [5, 5.41) is 25.4. The fraction of sp³-hybridized carbons (Fsp3) is 0.500. The Labute approximate surface area is 139 Å². The maximum absolute atomic E-state index is 12.1. The molecule has 0 aliphatic heterocycles. The van der Waals surface area contributed by atoms with Gasteiger partial charge in [0.2, 0.25) is 0 Å². The molecule has 0 bridgehead atoms. The van der Waals surface area contributed by atoms with E-state index >= 15 is 0 Å². The summed E-state index contributed by atoms with van der Waals surface area (Å²) >= 11 is 0. The molecule has 1 unspecified atom stereocenters. The topological polar surface area (TPSA) is 122 Å². The Balaban J connectivity index is 1.85. The molecule has 1 atom stereocenters. The summed E-state index contributed by atoms with van der Waals surface area (Å²) < 4.78 is 0. The van der Waals surface area contributed by atoms with Gasteiger partial charge < -0.3 is 15.7 Å². The predicted octanol–water partition coefficient (Wildman–Crippen LogP) is 2.60. The van der Waals surface area contributed by atoms with Crippen LogP contribution in [-0.2, 0) is 4.79 Å². The number of amides is 2. The number of urea groups is 1. The minimum Gasteiger partial charge on any atom is -0.481 e. The van der Waals surface area contributed by atoms with Crippen molar-refractivity contribution in [3.63, 3.8) is 0 Å². The molecular formula is C16H21N3O5. The number of carboxylic acid groups (broad SMARTS) is 1. The molecule has 2 rings (SSSR count). The van der Waals surface area contributed by atoms with Crippen molar-refractivity contribution in [1.29, 1.82) is 0 Å². The van der Waals surface area contributed by atoms with Crippen LogP contribution in [0.15, 0.2) is 24.3 Å². The predicted molar refractivity (Wildman–Crippen MR) is 86.6 cm³/mol. The lowest BCUT2D eigenvalue weighted by molar-refractivity contribution is -0.384. The highest BCUT2D eigenvalue weighted by atomic mass is 16.6. The van der Waals surface area contributed by atoms with Gasteiger partial charge in [-0.25, -0.2) is 4.79 Å². The van der Waals surface area contributed by atoms with Crippen molar-refractivity contribution in [3.05, 3.63) is 39.9 Å². The van der Waals surface area contributed by atoms with E-state index in [0.717, 1.165) is 0 Å². The summed E-state index contributed by atoms with van der Waals surface area (Å²) in [5.41, 5.74) is 0.627. The van der Waals surface area contributed by atoms with Crippen molar-refractivity contribution < 1.29 is 19.6 Å². The number of hydrogen-bond acceptors (Lipinski definition) is 4. The SMILES string of the molecule is CC(NC(=O)NC1CCC(C(=O)O)CC1)c1cccc([N+](=O)[O-])c1. The Morgan fingerprint density at radius 3 is 2.54 bits per heavy atom. The minimum absolute atomic E-state index is 0.0199. The minimum atomic E-state index is -0.780. The highest BCUT2D eigenvalue weighted by Gasteiger charge is 2.27. The summed E-state index contributed by atoms with van der Waals surface area (Å²) in [4.78, 5) is 33.3. The lowest BCUT2D eigenvalue weighted by Crippen LogP contribution is -2.44. The zero-order chi connectivity index (χ0) is 17.7. The van der Waals surface area contributed by atoms with E-state index in [2.05, 4.69) is 10.6 Å². The summed E-state index contributed by atoms with van der Waals surface area (Å²) in [5.74, 6) is -1.10. The van der Waals surface area contributed by atoms with Gasteiger partial charge in [-0.2, -0.15) is 0 Å². The summed E-state index contributed by atoms with van der Waals surface area (Å²) in [6, 6.07) is 5.36. The number of aliphatic carboxylic acids is 1. The monoisotopic (exact) mass is 335 g/mol. The fourth-order valence-corrected chi connectivity index (χ4v) is 2.90. The lowest BCUT2D eigenvalue weighted by Gasteiger charge is -2.27. The van der Waals surface area contributed by atoms with E-state index in [9.17, 15) is 19.7 Å². The van der Waals surface area contributed by atoms with E-state index in [0.29, 0.717) is 31.2 Å². The number of nitrogens with zero attached hydrogens (tertiary/aromatic N) is 1. The molecule has 1 aliphatic rings. The van der Waals surface area contributed by atoms with E-state index in [1.807, 2.05) is 0 Å². The van der Waals surface area contributed by atoms with Crippen LogP contribution in [0.4, 0.5) is 10.5 Å². The third-order valence-electron chi connectivity index (χ3n) is 4.34. The molecule has 8 heteroatoms. The number of nitro benzene ring substituents is 1. The van der Waals surface area contributed by atoms with E-state index in [-0.39, 0.29) is 29.7 Å². The number of nitrogens with one attached hydrogen (secondary N) is 2. The molecule has 0 spiro atoms. The third kappa shape index (κ3) is 4.68. The average molecular weight is 335 g/mol. The van der Waals surface area contributed by atoms with Crippen molar-refractivity contribution in [2.24, 2.45) is 5.92 Å². The molecule has 1 aromatic carbocycles. The molecule has 2 amide bonds. The molecular weight excluding hydrogens is 314 g/mol. The molecule has 8 nitrogen and oxygen atoms in total. The maximum atomic E-state index is 12.1. The van der Waals surface area contributed by atoms with Gasteiger partial charge in [0, 0.05) is 18.2 Å². The average Bonchev–Trinajstić information content (AvgIpc) is 2.55. The van der Waals surface area contributed by atoms with Crippen LogP contribution in [0.2, 0.25) is 0 Å². The Morgan fingerprint density at radius 2 is 1.96 bits per heavy atom. The van der Waals surface area contributed by atoms with Gasteiger partial charge in [0.05, 0.1) is 16.9 Å². The Bertz CT molecular complexity index is 626. The first-order valence-electron chi connectivity index (χ1n) is 7.91. The summed E-state index contributed by atoms with van der Waals surface area (Å²) in [6.45, 7) is 1.75. The lowest BCUT2D eigenvalue weighted by atomic mass is 9.86. The van der Waals surface area contributed by atoms with Gasteiger partial charge in [0.25, 0.3) is 5.69 Å². The van der Waals surface area contributed by atoms with Gasteiger partial charge in [-0.1, -0.05) is 12.1 Å². The summed E-state index contributed by atoms with van der Waals surface area (Å²) in [6.07, 6.45) is 2.38. The highest BCUT2D eigenvalue weighted by molar-refractivity contribution is 5.75. The van der Waals surface area contributed by atoms with Crippen molar-refractivity contribution in [3.8, 4) is 0 Å². The van der Waals surface area contributed by atoms with Gasteiger partial charge in [-0.05, 0) is 38.2 Å². The van der Waals surface area contributed by atoms with E-state index < -0.39 is 10.9 Å². The molecule has 1 aromatic rings. The Hall–Kier alpha value is -2.64. The van der Waals surface area contributed by atoms with Crippen LogP contribution in [-0.4, -0.2) is 28.1 Å². The van der Waals surface area contributed by atoms with Gasteiger partial charge in [-0.3, -0.25) is 14.9 Å². The van der Waals surface area contributed by atoms with Gasteiger partial charge >= 0.3 is 12.0 Å². The second-order valence-electron chi connectivity index (χ2n) is 6.08. The van der Waals surface area contributed by atoms with Crippen molar-refractivity contribution in [1.82, 2.24) is 10.6 Å². The standard InChI is InChI=1S/C16H21N3O5/c1-10(12-3-2-4-14(9-12)19(23)24)17-16(22)18-13-7-5-11(6-8-13)15(20)21/h2-4,9-11,13H,5-8H2,1H3,(H,20,21)(H2,17,18,22). The van der Waals surface area contributed by atoms with Gasteiger partial charge in [0.1, 0.15) is 0 Å². The molecule has 3 N–H and O–H groups in total. The number of nitro groups is 1. The van der Waals surface area contributed by atoms with Crippen LogP contribution in [0.1, 0.15) is 44.2 Å². The second-order valence-corrected chi connectivity index (χ2v) is 6.08. The smallest absolute Gasteiger partial charge is 0.315 e. The van der Waals surface area contributed by atoms with Gasteiger partial charge in [0.15, 0.2) is 0 Å². The largest absolute Gasteiger partial charge is 0.481 e. The fourth-order valence-electron chi connectivity index (χ4n) is 2.90. The summed E-state index contributed by atoms with van der Waals surface area (Å²) in [7, 11) is 0. The number of carbonyl (C=O) groups is 2. The number of non-ortho nitro benzene ring substituents is 1. The molecule has 1 aliphatic carbocycles. The van der Waals surface area contributed by atoms with Crippen LogP contribution < -0.4 is 10.6 Å². The van der Waals surface area contributed by atoms with Crippen LogP contribution in [0, 0.1) is 16.0 Å². The van der Waals surface area contributed by atoms with Crippen LogP contribution >= 0.6 is 0 Å². The van der Waals surface area contributed by atoms with E-state index in [4.69, 9.17) is 5.11 Å². The van der Waals surface area contributed by atoms with Crippen LogP contribution in [0.5, 0.6) is 0 Å². The van der Waals surface area contributed by atoms with Crippen LogP contribution in [0.3, 0.4) is 0 Å². The Kier molecular flexibility index (Phi) is 5.73. The molecule has 1 saturated carbocycles. The molecule has 0 radical (unpaired) electrons.